The van der Waals surface area contributed by atoms with Crippen LogP contribution in [0.2, 0.25) is 0 Å². The number of hydrogen-bond acceptors (Lipinski definition) is 4. The fourth-order valence-electron chi connectivity index (χ4n) is 1.89. The number of rotatable bonds is 3. The second-order valence-electron chi connectivity index (χ2n) is 4.32. The number of carbonyl (C=O) groups is 1. The van der Waals surface area contributed by atoms with Gasteiger partial charge >= 0.3 is 0 Å². The van der Waals surface area contributed by atoms with E-state index < -0.39 is 11.4 Å². The molecule has 1 heterocycles. The molecule has 0 saturated heterocycles. The molecule has 8 N–H and O–H groups in total. The Morgan fingerprint density at radius 2 is 2.17 bits per heavy atom. The summed E-state index contributed by atoms with van der Waals surface area (Å²) >= 11 is 0. The molecule has 0 saturated carbocycles. The molecule has 6 heteroatoms. The Morgan fingerprint density at radius 3 is 2.61 bits per heavy atom. The Balaban J connectivity index is 3.27. The highest BCUT2D eigenvalue weighted by Crippen LogP contribution is 2.29. The highest BCUT2D eigenvalue weighted by Gasteiger charge is 2.35. The highest BCUT2D eigenvalue weighted by molar-refractivity contribution is 5.96. The van der Waals surface area contributed by atoms with Gasteiger partial charge < -0.3 is 22.5 Å². The third kappa shape index (κ3) is 2.22. The summed E-state index contributed by atoms with van der Waals surface area (Å²) in [5.41, 5.74) is 18.1. The van der Waals surface area contributed by atoms with Crippen LogP contribution in [0.4, 0.5) is 0 Å². The second kappa shape index (κ2) is 4.95. The number of nitrogens with two attached hydrogens (primary N) is 3. The van der Waals surface area contributed by atoms with Crippen LogP contribution in [0.1, 0.15) is 13.8 Å². The number of amides is 1. The zero-order chi connectivity index (χ0) is 13.9. The lowest BCUT2D eigenvalue weighted by atomic mass is 9.82. The van der Waals surface area contributed by atoms with Gasteiger partial charge in [0.1, 0.15) is 12.9 Å². The van der Waals surface area contributed by atoms with Gasteiger partial charge in [-0.05, 0) is 25.5 Å². The van der Waals surface area contributed by atoms with Crippen molar-refractivity contribution in [2.75, 3.05) is 7.05 Å². The number of dihydropyridines is 1. The number of hydrogen-bond donors (Lipinski definition) is 5. The first kappa shape index (κ1) is 13.8. The van der Waals surface area contributed by atoms with Gasteiger partial charge in [0.2, 0.25) is 0 Å². The Hall–Kier alpha value is -2.24. The van der Waals surface area contributed by atoms with Crippen molar-refractivity contribution in [2.45, 2.75) is 19.4 Å². The smallest absolute Gasteiger partial charge is 0.252 e. The van der Waals surface area contributed by atoms with Gasteiger partial charge in [-0.25, -0.2) is 0 Å². The van der Waals surface area contributed by atoms with Gasteiger partial charge in [0.05, 0.1) is 16.7 Å². The molecule has 0 spiro atoms. The van der Waals surface area contributed by atoms with Crippen molar-refractivity contribution in [3.05, 3.63) is 34.8 Å². The Labute approximate surface area is 106 Å². The summed E-state index contributed by atoms with van der Waals surface area (Å²) < 4.78 is 0. The van der Waals surface area contributed by atoms with Gasteiger partial charge in [-0.1, -0.05) is 0 Å². The van der Waals surface area contributed by atoms with E-state index in [9.17, 15) is 4.79 Å². The van der Waals surface area contributed by atoms with E-state index in [1.54, 1.807) is 19.3 Å². The second-order valence-corrected chi connectivity index (χ2v) is 4.32. The summed E-state index contributed by atoms with van der Waals surface area (Å²) in [6.45, 7) is 3.81. The number of carbonyl (C=O) groups excluding carboxylic acids is 1. The van der Waals surface area contributed by atoms with E-state index in [0.717, 1.165) is 11.1 Å². The van der Waals surface area contributed by atoms with Gasteiger partial charge in [-0.15, -0.1) is 0 Å². The Kier molecular flexibility index (Phi) is 3.80. The molecule has 0 radical (unpaired) electrons. The van der Waals surface area contributed by atoms with Crippen LogP contribution in [0, 0.1) is 0 Å². The maximum atomic E-state index is 11.2. The molecule has 1 aliphatic rings. The molecule has 18 heavy (non-hydrogen) atoms. The van der Waals surface area contributed by atoms with E-state index in [1.807, 2.05) is 13.8 Å². The Morgan fingerprint density at radius 1 is 1.56 bits per heavy atom. The first-order valence-electron chi connectivity index (χ1n) is 5.56. The van der Waals surface area contributed by atoms with Crippen LogP contribution in [-0.2, 0) is 4.79 Å². The molecule has 0 fully saturated rings. The van der Waals surface area contributed by atoms with E-state index in [4.69, 9.17) is 17.2 Å². The maximum absolute atomic E-state index is 11.2. The maximum Gasteiger partial charge on any atom is 0.252 e. The van der Waals surface area contributed by atoms with Crippen LogP contribution in [0.15, 0.2) is 34.8 Å². The van der Waals surface area contributed by atoms with Crippen molar-refractivity contribution in [3.63, 3.8) is 0 Å². The molecular weight excluding hydrogens is 230 g/mol. The van der Waals surface area contributed by atoms with Crippen molar-refractivity contribution in [3.8, 4) is 0 Å². The lowest BCUT2D eigenvalue weighted by molar-refractivity contribution is -0.413. The standard InChI is InChI=1S/C12H19N5O/c1-7-4-9(11(15)18)10(14)17-12(7,2)8(5-13)6-16-3/h4-6,17H,13-14H2,1-3H3,(H2,15,18)/p+1/t12-/m1/s1. The minimum absolute atomic E-state index is 0.249. The van der Waals surface area contributed by atoms with Crippen molar-refractivity contribution in [1.29, 1.82) is 0 Å². The fraction of sp³-hybridized carbons (Fsp3) is 0.333. The van der Waals surface area contributed by atoms with Crippen LogP contribution in [0.5, 0.6) is 0 Å². The molecule has 1 rings (SSSR count). The third-order valence-corrected chi connectivity index (χ3v) is 3.15. The summed E-state index contributed by atoms with van der Waals surface area (Å²) in [7, 11) is 1.78. The van der Waals surface area contributed by atoms with E-state index >= 15 is 0 Å². The van der Waals surface area contributed by atoms with E-state index in [1.165, 1.54) is 6.20 Å². The van der Waals surface area contributed by atoms with Crippen LogP contribution in [0.3, 0.4) is 0 Å². The van der Waals surface area contributed by atoms with E-state index in [0.29, 0.717) is 0 Å². The monoisotopic (exact) mass is 250 g/mol. The van der Waals surface area contributed by atoms with Crippen LogP contribution >= 0.6 is 0 Å². The van der Waals surface area contributed by atoms with Gasteiger partial charge in [-0.2, -0.15) is 0 Å². The van der Waals surface area contributed by atoms with E-state index in [-0.39, 0.29) is 11.4 Å². The number of nitrogens with one attached hydrogen (secondary N) is 2. The molecule has 98 valence electrons. The van der Waals surface area contributed by atoms with Crippen LogP contribution < -0.4 is 27.5 Å². The molecule has 1 aliphatic heterocycles. The SMILES string of the molecule is C[NH+]=CC(=CN)[C@]1(C)NC(N)=C(C(N)=O)C=C1C. The molecule has 0 unspecified atom stereocenters. The fourth-order valence-corrected chi connectivity index (χ4v) is 1.89. The molecule has 0 aromatic carbocycles. The molecule has 1 atom stereocenters. The normalized spacial score (nSPS) is 25.1. The largest absolute Gasteiger partial charge is 0.404 e. The first-order valence-corrected chi connectivity index (χ1v) is 5.56. The summed E-state index contributed by atoms with van der Waals surface area (Å²) in [6, 6.07) is 0. The van der Waals surface area contributed by atoms with Gasteiger partial charge in [0.25, 0.3) is 5.91 Å². The van der Waals surface area contributed by atoms with Crippen molar-refractivity contribution in [1.82, 2.24) is 5.32 Å². The van der Waals surface area contributed by atoms with Gasteiger partial charge in [0.15, 0.2) is 6.21 Å². The molecule has 1 amide bonds. The quantitative estimate of drug-likeness (QED) is 0.358. The molecule has 0 aromatic heterocycles. The summed E-state index contributed by atoms with van der Waals surface area (Å²) in [4.78, 5) is 14.1. The summed E-state index contributed by atoms with van der Waals surface area (Å²) in [5.74, 6) is -0.309. The third-order valence-electron chi connectivity index (χ3n) is 3.15. The molecule has 0 bridgehead atoms. The zero-order valence-corrected chi connectivity index (χ0v) is 10.9. The van der Waals surface area contributed by atoms with Gasteiger partial charge in [0, 0.05) is 6.20 Å². The van der Waals surface area contributed by atoms with Crippen LogP contribution in [-0.4, -0.2) is 24.7 Å². The number of primary amides is 1. The predicted molar refractivity (Wildman–Crippen MR) is 70.9 cm³/mol. The average molecular weight is 250 g/mol. The molecular formula is C12H20N5O+. The van der Waals surface area contributed by atoms with Crippen molar-refractivity contribution < 1.29 is 9.79 Å². The van der Waals surface area contributed by atoms with Gasteiger partial charge in [-0.3, -0.25) is 9.79 Å². The topological polar surface area (TPSA) is 121 Å². The Bertz CT molecular complexity index is 487. The highest BCUT2D eigenvalue weighted by atomic mass is 16.1. The molecule has 0 aliphatic carbocycles. The van der Waals surface area contributed by atoms with E-state index in [2.05, 4.69) is 10.3 Å². The average Bonchev–Trinajstić information content (AvgIpc) is 2.30. The lowest BCUT2D eigenvalue weighted by Gasteiger charge is -2.36. The van der Waals surface area contributed by atoms with Crippen molar-refractivity contribution in [2.24, 2.45) is 17.2 Å². The molecule has 6 nitrogen and oxygen atoms in total. The molecule has 0 aromatic rings. The lowest BCUT2D eigenvalue weighted by Crippen LogP contribution is -2.65. The van der Waals surface area contributed by atoms with Crippen molar-refractivity contribution >= 4 is 12.1 Å². The first-order chi connectivity index (χ1) is 8.36. The van der Waals surface area contributed by atoms with Crippen LogP contribution in [0.25, 0.3) is 0 Å². The predicted octanol–water partition coefficient (Wildman–Crippen LogP) is -2.43. The summed E-state index contributed by atoms with van der Waals surface area (Å²) in [5, 5.41) is 3.08. The zero-order valence-electron chi connectivity index (χ0n) is 10.9. The minimum atomic E-state index is -0.569. The minimum Gasteiger partial charge on any atom is -0.404 e. The summed E-state index contributed by atoms with van der Waals surface area (Å²) in [6.07, 6.45) is 4.94.